The summed E-state index contributed by atoms with van der Waals surface area (Å²) in [6, 6.07) is 21.3. The van der Waals surface area contributed by atoms with Gasteiger partial charge < -0.3 is 5.32 Å². The number of fused-ring (bicyclic) bond motifs is 1. The Bertz CT molecular complexity index is 1430. The van der Waals surface area contributed by atoms with Gasteiger partial charge in [-0.1, -0.05) is 36.4 Å². The topological polar surface area (TPSA) is 72.7 Å². The van der Waals surface area contributed by atoms with E-state index >= 15 is 0 Å². The van der Waals surface area contributed by atoms with E-state index in [1.165, 1.54) is 0 Å². The summed E-state index contributed by atoms with van der Waals surface area (Å²) in [5, 5.41) is 6.12. The zero-order valence-corrected chi connectivity index (χ0v) is 17.6. The van der Waals surface area contributed by atoms with E-state index < -0.39 is 0 Å². The fraction of sp³-hybridized carbons (Fsp3) is 0.0833. The first-order valence-electron chi connectivity index (χ1n) is 9.87. The Kier molecular flexibility index (Phi) is 5.01. The second-order valence-electron chi connectivity index (χ2n) is 7.18. The predicted molar refractivity (Wildman–Crippen MR) is 125 cm³/mol. The lowest BCUT2D eigenvalue weighted by Gasteiger charge is -2.13. The number of aryl methyl sites for hydroxylation is 1. The maximum atomic E-state index is 13.5. The maximum absolute atomic E-state index is 13.5. The van der Waals surface area contributed by atoms with Crippen LogP contribution in [0.15, 0.2) is 83.1 Å². The van der Waals surface area contributed by atoms with Crippen LogP contribution in [0.25, 0.3) is 16.9 Å². The predicted octanol–water partition coefficient (Wildman–Crippen LogP) is 4.88. The molecule has 0 aliphatic heterocycles. The van der Waals surface area contributed by atoms with Gasteiger partial charge in [-0.25, -0.2) is 15.0 Å². The van der Waals surface area contributed by atoms with E-state index in [4.69, 9.17) is 0 Å². The van der Waals surface area contributed by atoms with Crippen molar-refractivity contribution in [2.24, 2.45) is 0 Å². The molecular formula is C24H19N5OS. The summed E-state index contributed by atoms with van der Waals surface area (Å²) in [6.45, 7) is 1.96. The van der Waals surface area contributed by atoms with E-state index in [9.17, 15) is 4.79 Å². The Hall–Kier alpha value is -3.84. The number of anilines is 2. The van der Waals surface area contributed by atoms with Gasteiger partial charge in [0.05, 0.1) is 11.4 Å². The number of hydrogen-bond acceptors (Lipinski definition) is 6. The molecule has 6 nitrogen and oxygen atoms in total. The van der Waals surface area contributed by atoms with E-state index in [0.29, 0.717) is 23.3 Å². The Labute approximate surface area is 182 Å². The highest BCUT2D eigenvalue weighted by Gasteiger charge is 2.14. The molecule has 2 aromatic carbocycles. The minimum atomic E-state index is -0.169. The molecule has 0 bridgehead atoms. The number of thiazole rings is 1. The molecule has 152 valence electrons. The number of aromatic nitrogens is 4. The van der Waals surface area contributed by atoms with Gasteiger partial charge in [-0.15, -0.1) is 11.3 Å². The molecule has 0 saturated heterocycles. The highest BCUT2D eigenvalue weighted by atomic mass is 32.1. The van der Waals surface area contributed by atoms with Crippen LogP contribution in [0.5, 0.6) is 0 Å². The fourth-order valence-electron chi connectivity index (χ4n) is 3.47. The molecule has 31 heavy (non-hydrogen) atoms. The molecule has 5 rings (SSSR count). The van der Waals surface area contributed by atoms with Crippen LogP contribution in [-0.2, 0) is 6.42 Å². The molecular weight excluding hydrogens is 406 g/mol. The number of pyridine rings is 1. The second kappa shape index (κ2) is 8.12. The van der Waals surface area contributed by atoms with Gasteiger partial charge in [-0.05, 0) is 42.8 Å². The lowest BCUT2D eigenvalue weighted by atomic mass is 10.1. The molecule has 1 N–H and O–H groups in total. The third-order valence-electron chi connectivity index (χ3n) is 4.87. The maximum Gasteiger partial charge on any atom is 0.278 e. The molecule has 7 heteroatoms. The number of nitrogens with zero attached hydrogens (tertiary/aromatic N) is 4. The molecule has 0 unspecified atom stereocenters. The van der Waals surface area contributed by atoms with E-state index in [1.54, 1.807) is 22.1 Å². The zero-order chi connectivity index (χ0) is 21.2. The van der Waals surface area contributed by atoms with Gasteiger partial charge in [0.2, 0.25) is 0 Å². The molecule has 0 fully saturated rings. The molecule has 0 aliphatic rings. The van der Waals surface area contributed by atoms with E-state index in [-0.39, 0.29) is 5.56 Å². The van der Waals surface area contributed by atoms with Crippen molar-refractivity contribution < 1.29 is 0 Å². The minimum absolute atomic E-state index is 0.169. The lowest BCUT2D eigenvalue weighted by molar-refractivity contribution is 0.927. The summed E-state index contributed by atoms with van der Waals surface area (Å²) < 4.78 is 1.64. The summed E-state index contributed by atoms with van der Waals surface area (Å²) in [5.41, 5.74) is 5.12. The van der Waals surface area contributed by atoms with Crippen LogP contribution >= 0.6 is 11.3 Å². The summed E-state index contributed by atoms with van der Waals surface area (Å²) in [5.74, 6) is 0. The van der Waals surface area contributed by atoms with Gasteiger partial charge in [0.15, 0.2) is 10.8 Å². The molecule has 0 radical (unpaired) electrons. The first-order valence-corrected chi connectivity index (χ1v) is 10.8. The molecule has 0 atom stereocenters. The summed E-state index contributed by atoms with van der Waals surface area (Å²) in [7, 11) is 0. The van der Waals surface area contributed by atoms with Crippen LogP contribution in [0.1, 0.15) is 17.0 Å². The Morgan fingerprint density at radius 2 is 1.87 bits per heavy atom. The van der Waals surface area contributed by atoms with Crippen molar-refractivity contribution in [2.45, 2.75) is 13.3 Å². The van der Waals surface area contributed by atoms with Crippen LogP contribution in [0.2, 0.25) is 0 Å². The Morgan fingerprint density at radius 3 is 2.68 bits per heavy atom. The second-order valence-corrected chi connectivity index (χ2v) is 8.04. The number of nitrogens with one attached hydrogen (secondary N) is 1. The quantitative estimate of drug-likeness (QED) is 0.434. The van der Waals surface area contributed by atoms with Crippen molar-refractivity contribution in [3.05, 3.63) is 106 Å². The van der Waals surface area contributed by atoms with Gasteiger partial charge in [0.25, 0.3) is 5.56 Å². The van der Waals surface area contributed by atoms with Crippen molar-refractivity contribution in [3.63, 3.8) is 0 Å². The number of rotatable bonds is 5. The summed E-state index contributed by atoms with van der Waals surface area (Å²) in [6.07, 6.45) is 2.14. The fourth-order valence-corrected chi connectivity index (χ4v) is 4.18. The van der Waals surface area contributed by atoms with Crippen LogP contribution in [-0.4, -0.2) is 19.5 Å². The van der Waals surface area contributed by atoms with Crippen LogP contribution < -0.4 is 10.9 Å². The van der Waals surface area contributed by atoms with Gasteiger partial charge in [-0.2, -0.15) is 0 Å². The third-order valence-corrected chi connectivity index (χ3v) is 5.75. The van der Waals surface area contributed by atoms with Crippen molar-refractivity contribution >= 4 is 33.3 Å². The largest absolute Gasteiger partial charge is 0.331 e. The molecule has 0 amide bonds. The van der Waals surface area contributed by atoms with Gasteiger partial charge in [0.1, 0.15) is 11.2 Å². The smallest absolute Gasteiger partial charge is 0.278 e. The average Bonchev–Trinajstić information content (AvgIpc) is 3.20. The van der Waals surface area contributed by atoms with E-state index in [0.717, 1.165) is 27.8 Å². The van der Waals surface area contributed by atoms with Gasteiger partial charge >= 0.3 is 0 Å². The highest BCUT2D eigenvalue weighted by Crippen LogP contribution is 2.23. The Balaban J connectivity index is 1.63. The lowest BCUT2D eigenvalue weighted by Crippen LogP contribution is -2.25. The standard InChI is InChI=1S/C24H19N5OS/c1-16-15-31-24(26-16)27-18-9-5-10-19(14-18)29-22-20(11-6-12-25-22)28-21(23(29)30)13-17-7-3-2-4-8-17/h2-12,14-15H,13H2,1H3,(H,26,27). The zero-order valence-electron chi connectivity index (χ0n) is 16.8. The van der Waals surface area contributed by atoms with E-state index in [2.05, 4.69) is 20.3 Å². The average molecular weight is 426 g/mol. The SMILES string of the molecule is Cc1csc(Nc2cccc(-n3c(=O)c(Cc4ccccc4)nc4cccnc43)c2)n1. The first kappa shape index (κ1) is 19.1. The van der Waals surface area contributed by atoms with Gasteiger partial charge in [0, 0.05) is 23.7 Å². The minimum Gasteiger partial charge on any atom is -0.331 e. The van der Waals surface area contributed by atoms with Crippen molar-refractivity contribution in [3.8, 4) is 5.69 Å². The molecule has 0 saturated carbocycles. The van der Waals surface area contributed by atoms with Crippen LogP contribution in [0.4, 0.5) is 10.8 Å². The van der Waals surface area contributed by atoms with Crippen molar-refractivity contribution in [1.29, 1.82) is 0 Å². The van der Waals surface area contributed by atoms with Crippen molar-refractivity contribution in [1.82, 2.24) is 19.5 Å². The molecule has 3 aromatic heterocycles. The molecule has 0 spiro atoms. The van der Waals surface area contributed by atoms with Crippen LogP contribution in [0.3, 0.4) is 0 Å². The first-order chi connectivity index (χ1) is 15.2. The number of benzene rings is 2. The third kappa shape index (κ3) is 3.95. The summed E-state index contributed by atoms with van der Waals surface area (Å²) in [4.78, 5) is 27.0. The monoisotopic (exact) mass is 425 g/mol. The normalized spacial score (nSPS) is 11.0. The Morgan fingerprint density at radius 1 is 1.00 bits per heavy atom. The highest BCUT2D eigenvalue weighted by molar-refractivity contribution is 7.13. The van der Waals surface area contributed by atoms with E-state index in [1.807, 2.05) is 79.0 Å². The molecule has 5 aromatic rings. The van der Waals surface area contributed by atoms with Gasteiger partial charge in [-0.3, -0.25) is 9.36 Å². The van der Waals surface area contributed by atoms with Crippen molar-refractivity contribution in [2.75, 3.05) is 5.32 Å². The molecule has 3 heterocycles. The summed E-state index contributed by atoms with van der Waals surface area (Å²) >= 11 is 1.54. The molecule has 0 aliphatic carbocycles. The van der Waals surface area contributed by atoms with Crippen LogP contribution in [0, 0.1) is 6.92 Å². The number of hydrogen-bond donors (Lipinski definition) is 1.